The average Bonchev–Trinajstić information content (AvgIpc) is 2.76. The van der Waals surface area contributed by atoms with E-state index >= 15 is 0 Å². The monoisotopic (exact) mass is 1130 g/mol. The summed E-state index contributed by atoms with van der Waals surface area (Å²) in [6.07, 6.45) is 2.15. The predicted molar refractivity (Wildman–Crippen MR) is 180 cm³/mol. The summed E-state index contributed by atoms with van der Waals surface area (Å²) in [5.41, 5.74) is 1.24. The van der Waals surface area contributed by atoms with Gasteiger partial charge in [-0.05, 0) is 166 Å². The number of quaternary nitrogens is 1. The van der Waals surface area contributed by atoms with Gasteiger partial charge in [0.05, 0.1) is 17.7 Å². The summed E-state index contributed by atoms with van der Waals surface area (Å²) in [6, 6.07) is 7.83. The summed E-state index contributed by atoms with van der Waals surface area (Å²) in [6.45, 7) is 5.12. The Morgan fingerprint density at radius 3 is 2.03 bits per heavy atom. The number of benzene rings is 2. The van der Waals surface area contributed by atoms with E-state index in [9.17, 15) is 9.59 Å². The molecule has 33 heavy (non-hydrogen) atoms. The maximum absolute atomic E-state index is 12.7. The highest BCUT2D eigenvalue weighted by atomic mass is 127. The van der Waals surface area contributed by atoms with Crippen LogP contribution in [0, 0.1) is 21.4 Å². The first-order valence-corrected chi connectivity index (χ1v) is 16.6. The van der Waals surface area contributed by atoms with Gasteiger partial charge in [0.15, 0.2) is 0 Å². The van der Waals surface area contributed by atoms with E-state index in [0.717, 1.165) is 40.8 Å². The molecule has 11 heteroatoms. The van der Waals surface area contributed by atoms with E-state index in [-0.39, 0.29) is 11.9 Å². The summed E-state index contributed by atoms with van der Waals surface area (Å²) >= 11 is 13.2. The van der Waals surface area contributed by atoms with Gasteiger partial charge in [-0.3, -0.25) is 0 Å². The summed E-state index contributed by atoms with van der Waals surface area (Å²) in [5.74, 6) is -0.577. The molecule has 0 saturated carbocycles. The van der Waals surface area contributed by atoms with Crippen LogP contribution >= 0.6 is 136 Å². The Labute approximate surface area is 276 Å². The third-order valence-electron chi connectivity index (χ3n) is 4.72. The van der Waals surface area contributed by atoms with Crippen LogP contribution in [0.2, 0.25) is 0 Å². The molecule has 0 aliphatic rings. The van der Waals surface area contributed by atoms with Crippen molar-refractivity contribution in [2.24, 2.45) is 0 Å². The number of hydrogen-bond acceptors (Lipinski definition) is 4. The molecule has 0 spiro atoms. The van der Waals surface area contributed by atoms with Gasteiger partial charge in [-0.25, -0.2) is 9.59 Å². The van der Waals surface area contributed by atoms with Gasteiger partial charge in [0, 0.05) is 21.4 Å². The molecule has 0 amide bonds. The van der Waals surface area contributed by atoms with Gasteiger partial charge in [-0.15, -0.1) is 0 Å². The standard InChI is InChI=1S/C22H21I6NO4/c1-2-3-6-29(7-9-32-21(30)14-11-13(23)12-17(26)19(14)27)8-10-33-22(31)18-15(24)4-5-16(25)20(18)28/h4-5,11-12H,2-3,6-10H2,1H3/p+1. The Bertz CT molecular complexity index is 1000. The fourth-order valence-electron chi connectivity index (χ4n) is 2.95. The quantitative estimate of drug-likeness (QED) is 0.170. The number of unbranched alkanes of at least 4 members (excludes halogenated alkanes) is 1. The maximum atomic E-state index is 12.7. The van der Waals surface area contributed by atoms with Gasteiger partial charge in [-0.1, -0.05) is 13.3 Å². The molecular weight excluding hydrogens is 1100 g/mol. The number of nitrogens with one attached hydrogen (secondary N) is 1. The van der Waals surface area contributed by atoms with Gasteiger partial charge in [0.1, 0.15) is 26.3 Å². The fourth-order valence-corrected chi connectivity index (χ4v) is 7.65. The lowest BCUT2D eigenvalue weighted by molar-refractivity contribution is -0.900. The zero-order valence-electron chi connectivity index (χ0n) is 17.7. The van der Waals surface area contributed by atoms with Gasteiger partial charge in [0.2, 0.25) is 0 Å². The van der Waals surface area contributed by atoms with Crippen molar-refractivity contribution in [3.63, 3.8) is 0 Å². The second-order valence-electron chi connectivity index (χ2n) is 7.09. The van der Waals surface area contributed by atoms with E-state index < -0.39 is 0 Å². The molecule has 0 fully saturated rings. The molecule has 2 rings (SSSR count). The van der Waals surface area contributed by atoms with E-state index in [2.05, 4.69) is 142 Å². The highest BCUT2D eigenvalue weighted by Crippen LogP contribution is 2.25. The summed E-state index contributed by atoms with van der Waals surface area (Å²) in [7, 11) is 0. The SMILES string of the molecule is CCCC[NH+](CCOC(=O)c1cc(I)cc(I)c1I)CCOC(=O)c1c(I)ccc(I)c1I. The van der Waals surface area contributed by atoms with Crippen LogP contribution in [0.3, 0.4) is 0 Å². The molecule has 1 N–H and O–H groups in total. The molecule has 0 aliphatic carbocycles. The zero-order valence-corrected chi connectivity index (χ0v) is 30.6. The Hall–Kier alpha value is 1.72. The zero-order chi connectivity index (χ0) is 24.5. The van der Waals surface area contributed by atoms with Crippen LogP contribution < -0.4 is 4.90 Å². The molecule has 0 bridgehead atoms. The lowest BCUT2D eigenvalue weighted by Crippen LogP contribution is -3.13. The van der Waals surface area contributed by atoms with Crippen LogP contribution in [0.5, 0.6) is 0 Å². The van der Waals surface area contributed by atoms with Gasteiger partial charge in [0.25, 0.3) is 0 Å². The van der Waals surface area contributed by atoms with Gasteiger partial charge < -0.3 is 14.4 Å². The third kappa shape index (κ3) is 9.84. The number of halogens is 6. The number of ether oxygens (including phenoxy) is 2. The minimum absolute atomic E-state index is 0.286. The molecule has 2 aromatic rings. The summed E-state index contributed by atoms with van der Waals surface area (Å²) < 4.78 is 17.0. The first kappa shape index (κ1) is 30.9. The van der Waals surface area contributed by atoms with Crippen LogP contribution in [-0.2, 0) is 9.47 Å². The molecule has 2 aromatic carbocycles. The largest absolute Gasteiger partial charge is 0.456 e. The molecule has 0 heterocycles. The van der Waals surface area contributed by atoms with Crippen molar-refractivity contribution in [2.45, 2.75) is 19.8 Å². The highest BCUT2D eigenvalue weighted by Gasteiger charge is 2.20. The van der Waals surface area contributed by atoms with E-state index in [4.69, 9.17) is 9.47 Å². The predicted octanol–water partition coefficient (Wildman–Crippen LogP) is 6.01. The van der Waals surface area contributed by atoms with Crippen molar-refractivity contribution in [3.05, 3.63) is 56.8 Å². The van der Waals surface area contributed by atoms with Crippen molar-refractivity contribution < 1.29 is 24.0 Å². The Kier molecular flexibility index (Phi) is 14.9. The first-order valence-electron chi connectivity index (χ1n) is 10.1. The normalized spacial score (nSPS) is 11.8. The average molecular weight is 1130 g/mol. The molecule has 0 aliphatic heterocycles. The second kappa shape index (κ2) is 15.9. The fraction of sp³-hybridized carbons (Fsp3) is 0.364. The van der Waals surface area contributed by atoms with E-state index in [1.807, 2.05) is 24.3 Å². The molecular formula is C22H22I6NO4+. The lowest BCUT2D eigenvalue weighted by atomic mass is 10.2. The Balaban J connectivity index is 1.90. The molecule has 5 nitrogen and oxygen atoms in total. The van der Waals surface area contributed by atoms with E-state index in [0.29, 0.717) is 37.4 Å². The number of hydrogen-bond donors (Lipinski definition) is 1. The van der Waals surface area contributed by atoms with Crippen molar-refractivity contribution in [1.82, 2.24) is 0 Å². The first-order chi connectivity index (χ1) is 15.6. The molecule has 0 aromatic heterocycles. The van der Waals surface area contributed by atoms with E-state index in [1.165, 1.54) is 4.90 Å². The second-order valence-corrected chi connectivity index (χ2v) is 14.0. The summed E-state index contributed by atoms with van der Waals surface area (Å²) in [4.78, 5) is 26.5. The smallest absolute Gasteiger partial charge is 0.340 e. The minimum atomic E-state index is -0.292. The van der Waals surface area contributed by atoms with E-state index in [1.54, 1.807) is 0 Å². The molecule has 1 atom stereocenters. The highest BCUT2D eigenvalue weighted by molar-refractivity contribution is 14.1. The number of rotatable bonds is 11. The maximum Gasteiger partial charge on any atom is 0.340 e. The van der Waals surface area contributed by atoms with Crippen LogP contribution in [0.15, 0.2) is 24.3 Å². The van der Waals surface area contributed by atoms with Gasteiger partial charge >= 0.3 is 11.9 Å². The molecule has 0 saturated heterocycles. The number of esters is 2. The molecule has 180 valence electrons. The van der Waals surface area contributed by atoms with Crippen LogP contribution in [0.1, 0.15) is 40.5 Å². The van der Waals surface area contributed by atoms with Gasteiger partial charge in [-0.2, -0.15) is 0 Å². The Morgan fingerprint density at radius 2 is 1.39 bits per heavy atom. The van der Waals surface area contributed by atoms with Crippen molar-refractivity contribution in [2.75, 3.05) is 32.8 Å². The molecule has 1 unspecified atom stereocenters. The molecule has 0 radical (unpaired) electrons. The third-order valence-corrected chi connectivity index (χ3v) is 12.3. The Morgan fingerprint density at radius 1 is 0.788 bits per heavy atom. The topological polar surface area (TPSA) is 57.0 Å². The van der Waals surface area contributed by atoms with Crippen molar-refractivity contribution in [1.29, 1.82) is 0 Å². The summed E-state index contributed by atoms with van der Waals surface area (Å²) in [5, 5.41) is 0. The number of carbonyl (C=O) groups is 2. The van der Waals surface area contributed by atoms with Crippen LogP contribution in [-0.4, -0.2) is 44.8 Å². The van der Waals surface area contributed by atoms with Crippen LogP contribution in [0.4, 0.5) is 0 Å². The van der Waals surface area contributed by atoms with Crippen molar-refractivity contribution in [3.8, 4) is 0 Å². The lowest BCUT2D eigenvalue weighted by Gasteiger charge is -2.19. The van der Waals surface area contributed by atoms with Crippen molar-refractivity contribution >= 4 is 147 Å². The van der Waals surface area contributed by atoms with Crippen LogP contribution in [0.25, 0.3) is 0 Å². The number of carbonyl (C=O) groups excluding carboxylic acids is 2. The minimum Gasteiger partial charge on any atom is -0.456 e.